The van der Waals surface area contributed by atoms with Crippen molar-refractivity contribution in [3.05, 3.63) is 23.2 Å². The molecule has 0 saturated heterocycles. The summed E-state index contributed by atoms with van der Waals surface area (Å²) in [6.07, 6.45) is -0.159. The highest BCUT2D eigenvalue weighted by molar-refractivity contribution is 5.38. The van der Waals surface area contributed by atoms with Gasteiger partial charge < -0.3 is 33.1 Å². The third kappa shape index (κ3) is 1.11. The Morgan fingerprint density at radius 1 is 1.33 bits per heavy atom. The highest BCUT2D eigenvalue weighted by atomic mass is 16.3. The lowest BCUT2D eigenvalue weighted by Crippen LogP contribution is -2.61. The number of aliphatic hydroxyl groups excluding tert-OH is 2. The van der Waals surface area contributed by atoms with Crippen LogP contribution in [-0.4, -0.2) is 22.0 Å². The van der Waals surface area contributed by atoms with Gasteiger partial charge in [-0.05, 0) is 6.08 Å². The van der Waals surface area contributed by atoms with Crippen LogP contribution in [0.2, 0.25) is 0 Å². The van der Waals surface area contributed by atoms with Crippen LogP contribution in [0, 0.1) is 0 Å². The molecule has 0 saturated carbocycles. The molecule has 1 unspecified atom stereocenters. The second kappa shape index (κ2) is 2.37. The summed E-state index contributed by atoms with van der Waals surface area (Å²) in [6, 6.07) is 0. The Bertz CT molecular complexity index is 269. The summed E-state index contributed by atoms with van der Waals surface area (Å²) in [5.41, 5.74) is 19.7. The van der Waals surface area contributed by atoms with Crippen LogP contribution in [0.5, 0.6) is 0 Å². The van der Waals surface area contributed by atoms with E-state index in [9.17, 15) is 5.11 Å². The normalized spacial score (nSPS) is 28.6. The zero-order chi connectivity index (χ0) is 9.52. The van der Waals surface area contributed by atoms with Crippen molar-refractivity contribution >= 4 is 0 Å². The molecule has 1 aliphatic rings. The minimum absolute atomic E-state index is 0.0252. The lowest BCUT2D eigenvalue weighted by atomic mass is 9.94. The van der Waals surface area contributed by atoms with E-state index in [1.165, 1.54) is 0 Å². The molecule has 1 aliphatic carbocycles. The van der Waals surface area contributed by atoms with Gasteiger partial charge in [-0.3, -0.25) is 0 Å². The van der Waals surface area contributed by atoms with Crippen molar-refractivity contribution < 1.29 is 10.2 Å². The molecule has 12 heavy (non-hydrogen) atoms. The Labute approximate surface area is 69.1 Å². The SMILES string of the molecule is NC1=CC(N)(N)C(O)C(N)=C1O. The monoisotopic (exact) mass is 172 g/mol. The van der Waals surface area contributed by atoms with Gasteiger partial charge in [0.1, 0.15) is 11.8 Å². The molecule has 6 nitrogen and oxygen atoms in total. The predicted octanol–water partition coefficient (Wildman–Crippen LogP) is -2.45. The Morgan fingerprint density at radius 2 is 1.83 bits per heavy atom. The second-order valence-corrected chi connectivity index (χ2v) is 2.81. The molecule has 0 amide bonds. The predicted molar refractivity (Wildman–Crippen MR) is 43.2 cm³/mol. The van der Waals surface area contributed by atoms with Gasteiger partial charge in [-0.2, -0.15) is 0 Å². The molecule has 6 heteroatoms. The van der Waals surface area contributed by atoms with E-state index in [1.807, 2.05) is 0 Å². The first-order chi connectivity index (χ1) is 5.36. The third-order valence-electron chi connectivity index (χ3n) is 1.72. The Morgan fingerprint density at radius 3 is 2.33 bits per heavy atom. The van der Waals surface area contributed by atoms with Gasteiger partial charge in [-0.25, -0.2) is 0 Å². The van der Waals surface area contributed by atoms with Crippen molar-refractivity contribution in [2.45, 2.75) is 11.8 Å². The topological polar surface area (TPSA) is 145 Å². The molecule has 1 atom stereocenters. The van der Waals surface area contributed by atoms with Gasteiger partial charge in [-0.1, -0.05) is 0 Å². The Kier molecular flexibility index (Phi) is 1.75. The van der Waals surface area contributed by atoms with Crippen LogP contribution >= 0.6 is 0 Å². The third-order valence-corrected chi connectivity index (χ3v) is 1.72. The van der Waals surface area contributed by atoms with E-state index in [4.69, 9.17) is 28.0 Å². The minimum Gasteiger partial charge on any atom is -0.504 e. The van der Waals surface area contributed by atoms with Crippen molar-refractivity contribution in [3.8, 4) is 0 Å². The summed E-state index contributed by atoms with van der Waals surface area (Å²) in [5, 5.41) is 18.4. The standard InChI is InChI=1S/C6H12N4O2/c7-2-1-6(9,10)5(12)3(8)4(2)11/h1,5,11-12H,7-10H2. The highest BCUT2D eigenvalue weighted by Gasteiger charge is 2.35. The number of nitrogens with two attached hydrogens (primary N) is 4. The lowest BCUT2D eigenvalue weighted by molar-refractivity contribution is 0.134. The molecule has 0 aromatic carbocycles. The summed E-state index contributed by atoms with van der Waals surface area (Å²) in [7, 11) is 0. The fourth-order valence-corrected chi connectivity index (χ4v) is 0.982. The maximum Gasteiger partial charge on any atom is 0.160 e. The first-order valence-corrected chi connectivity index (χ1v) is 3.29. The van der Waals surface area contributed by atoms with Crippen molar-refractivity contribution in [3.63, 3.8) is 0 Å². The second-order valence-electron chi connectivity index (χ2n) is 2.81. The van der Waals surface area contributed by atoms with Gasteiger partial charge in [0.05, 0.1) is 11.4 Å². The molecule has 0 aliphatic heterocycles. The van der Waals surface area contributed by atoms with E-state index < -0.39 is 11.8 Å². The fourth-order valence-electron chi connectivity index (χ4n) is 0.982. The van der Waals surface area contributed by atoms with E-state index in [0.717, 1.165) is 6.08 Å². The molecule has 0 fully saturated rings. The van der Waals surface area contributed by atoms with Crippen molar-refractivity contribution in [1.82, 2.24) is 0 Å². The number of rotatable bonds is 0. The molecule has 0 spiro atoms. The minimum atomic E-state index is -1.51. The van der Waals surface area contributed by atoms with Crippen LogP contribution in [0.1, 0.15) is 0 Å². The van der Waals surface area contributed by atoms with Crippen LogP contribution < -0.4 is 22.9 Å². The molecule has 0 aromatic rings. The molecule has 0 aromatic heterocycles. The first-order valence-electron chi connectivity index (χ1n) is 3.29. The van der Waals surface area contributed by atoms with Gasteiger partial charge in [-0.15, -0.1) is 0 Å². The summed E-state index contributed by atoms with van der Waals surface area (Å²) >= 11 is 0. The zero-order valence-electron chi connectivity index (χ0n) is 6.36. The van der Waals surface area contributed by atoms with Gasteiger partial charge in [0.2, 0.25) is 0 Å². The number of hydrogen-bond acceptors (Lipinski definition) is 6. The number of aliphatic hydroxyl groups is 2. The summed E-state index contributed by atoms with van der Waals surface area (Å²) in [5.74, 6) is -0.367. The van der Waals surface area contributed by atoms with E-state index in [2.05, 4.69) is 0 Å². The Balaban J connectivity index is 3.15. The molecular formula is C6H12N4O2. The zero-order valence-corrected chi connectivity index (χ0v) is 6.36. The average molecular weight is 172 g/mol. The first kappa shape index (κ1) is 8.85. The largest absolute Gasteiger partial charge is 0.504 e. The van der Waals surface area contributed by atoms with Gasteiger partial charge >= 0.3 is 0 Å². The summed E-state index contributed by atoms with van der Waals surface area (Å²) in [6.45, 7) is 0. The van der Waals surface area contributed by atoms with Gasteiger partial charge in [0.25, 0.3) is 0 Å². The van der Waals surface area contributed by atoms with Crippen LogP contribution in [0.3, 0.4) is 0 Å². The van der Waals surface area contributed by atoms with Crippen molar-refractivity contribution in [1.29, 1.82) is 0 Å². The van der Waals surface area contributed by atoms with Gasteiger partial charge in [0.15, 0.2) is 5.76 Å². The average Bonchev–Trinajstić information content (AvgIpc) is 1.97. The highest BCUT2D eigenvalue weighted by Crippen LogP contribution is 2.20. The molecule has 68 valence electrons. The van der Waals surface area contributed by atoms with Gasteiger partial charge in [0, 0.05) is 0 Å². The molecule has 0 heterocycles. The van der Waals surface area contributed by atoms with E-state index in [1.54, 1.807) is 0 Å². The molecule has 0 bridgehead atoms. The van der Waals surface area contributed by atoms with Crippen LogP contribution in [0.4, 0.5) is 0 Å². The molecule has 0 radical (unpaired) electrons. The van der Waals surface area contributed by atoms with E-state index in [0.29, 0.717) is 0 Å². The summed E-state index contributed by atoms with van der Waals surface area (Å²) < 4.78 is 0. The molecule has 10 N–H and O–H groups in total. The van der Waals surface area contributed by atoms with E-state index in [-0.39, 0.29) is 17.2 Å². The quantitative estimate of drug-likeness (QED) is 0.224. The van der Waals surface area contributed by atoms with Crippen LogP contribution in [0.15, 0.2) is 23.2 Å². The smallest absolute Gasteiger partial charge is 0.160 e. The van der Waals surface area contributed by atoms with Crippen LogP contribution in [0.25, 0.3) is 0 Å². The Hall–Kier alpha value is -1.24. The van der Waals surface area contributed by atoms with Crippen LogP contribution in [-0.2, 0) is 0 Å². The molecular weight excluding hydrogens is 160 g/mol. The summed E-state index contributed by atoms with van der Waals surface area (Å²) in [4.78, 5) is 0. The molecule has 1 rings (SSSR count). The maximum absolute atomic E-state index is 9.30. The fraction of sp³-hybridized carbons (Fsp3) is 0.333. The number of hydrogen-bond donors (Lipinski definition) is 6. The van der Waals surface area contributed by atoms with Crippen molar-refractivity contribution in [2.75, 3.05) is 0 Å². The van der Waals surface area contributed by atoms with Crippen molar-refractivity contribution in [2.24, 2.45) is 22.9 Å². The van der Waals surface area contributed by atoms with E-state index >= 15 is 0 Å². The lowest BCUT2D eigenvalue weighted by Gasteiger charge is -2.31. The maximum atomic E-state index is 9.30.